The molecule has 1 aliphatic carbocycles. The summed E-state index contributed by atoms with van der Waals surface area (Å²) in [5.74, 6) is 0. The van der Waals surface area contributed by atoms with E-state index >= 15 is 0 Å². The maximum absolute atomic E-state index is 12.9. The largest absolute Gasteiger partial charge is 0.398 e. The van der Waals surface area contributed by atoms with Crippen molar-refractivity contribution >= 4 is 38.6 Å². The molecule has 0 radical (unpaired) electrons. The van der Waals surface area contributed by atoms with Gasteiger partial charge in [-0.15, -0.1) is 11.3 Å². The smallest absolute Gasteiger partial charge is 0.245 e. The molecule has 112 valence electrons. The molecule has 0 unspecified atom stereocenters. The van der Waals surface area contributed by atoms with Crippen molar-refractivity contribution in [2.75, 3.05) is 5.73 Å². The molecule has 0 amide bonds. The second-order valence-electron chi connectivity index (χ2n) is 5.04. The highest BCUT2D eigenvalue weighted by Crippen LogP contribution is 2.36. The SMILES string of the molecule is Nc1cc(Cl)ccc1S(=O)(=O)N(Cc1cccs1)C1CC1. The Hall–Kier alpha value is -1.08. The van der Waals surface area contributed by atoms with Crippen LogP contribution in [-0.2, 0) is 16.6 Å². The molecule has 7 heteroatoms. The van der Waals surface area contributed by atoms with Crippen LogP contribution in [0, 0.1) is 0 Å². The molecule has 1 aromatic carbocycles. The van der Waals surface area contributed by atoms with Crippen molar-refractivity contribution in [2.24, 2.45) is 0 Å². The Bertz CT molecular complexity index is 740. The van der Waals surface area contributed by atoms with Crippen LogP contribution in [0.1, 0.15) is 17.7 Å². The van der Waals surface area contributed by atoms with Gasteiger partial charge in [-0.3, -0.25) is 0 Å². The van der Waals surface area contributed by atoms with Crippen molar-refractivity contribution in [3.05, 3.63) is 45.6 Å². The summed E-state index contributed by atoms with van der Waals surface area (Å²) in [5.41, 5.74) is 6.05. The van der Waals surface area contributed by atoms with Gasteiger partial charge in [-0.2, -0.15) is 4.31 Å². The first-order valence-corrected chi connectivity index (χ1v) is 9.27. The lowest BCUT2D eigenvalue weighted by Crippen LogP contribution is -2.32. The van der Waals surface area contributed by atoms with Gasteiger partial charge >= 0.3 is 0 Å². The molecule has 0 bridgehead atoms. The second kappa shape index (κ2) is 5.61. The number of nitrogen functional groups attached to an aromatic ring is 1. The van der Waals surface area contributed by atoms with E-state index in [0.29, 0.717) is 11.6 Å². The van der Waals surface area contributed by atoms with Crippen LogP contribution in [0.5, 0.6) is 0 Å². The third-order valence-electron chi connectivity index (χ3n) is 3.40. The molecule has 1 aliphatic rings. The monoisotopic (exact) mass is 342 g/mol. The summed E-state index contributed by atoms with van der Waals surface area (Å²) < 4.78 is 27.3. The molecule has 2 aromatic rings. The molecule has 0 saturated heterocycles. The van der Waals surface area contributed by atoms with Crippen molar-refractivity contribution in [3.8, 4) is 0 Å². The van der Waals surface area contributed by atoms with Crippen molar-refractivity contribution in [1.29, 1.82) is 0 Å². The predicted molar refractivity (Wildman–Crippen MR) is 85.9 cm³/mol. The first-order chi connectivity index (χ1) is 9.98. The summed E-state index contributed by atoms with van der Waals surface area (Å²) in [4.78, 5) is 1.16. The predicted octanol–water partition coefficient (Wildman–Crippen LogP) is 3.34. The molecule has 1 aromatic heterocycles. The number of hydrogen-bond donors (Lipinski definition) is 1. The Kier molecular flexibility index (Phi) is 3.96. The van der Waals surface area contributed by atoms with E-state index in [2.05, 4.69) is 0 Å². The van der Waals surface area contributed by atoms with E-state index in [0.717, 1.165) is 17.7 Å². The minimum atomic E-state index is -3.60. The molecule has 1 heterocycles. The average molecular weight is 343 g/mol. The fourth-order valence-electron chi connectivity index (χ4n) is 2.21. The van der Waals surface area contributed by atoms with Crippen LogP contribution >= 0.6 is 22.9 Å². The number of sulfonamides is 1. The highest BCUT2D eigenvalue weighted by molar-refractivity contribution is 7.89. The Balaban J connectivity index is 1.97. The van der Waals surface area contributed by atoms with Crippen molar-refractivity contribution < 1.29 is 8.42 Å². The fourth-order valence-corrected chi connectivity index (χ4v) is 4.94. The Morgan fingerprint density at radius 3 is 2.67 bits per heavy atom. The highest BCUT2D eigenvalue weighted by atomic mass is 35.5. The van der Waals surface area contributed by atoms with Crippen LogP contribution in [-0.4, -0.2) is 18.8 Å². The van der Waals surface area contributed by atoms with Gasteiger partial charge in [0.25, 0.3) is 0 Å². The number of benzene rings is 1. The number of nitrogens with two attached hydrogens (primary N) is 1. The molecule has 21 heavy (non-hydrogen) atoms. The Morgan fingerprint density at radius 1 is 1.33 bits per heavy atom. The zero-order chi connectivity index (χ0) is 15.0. The zero-order valence-electron chi connectivity index (χ0n) is 11.2. The first-order valence-electron chi connectivity index (χ1n) is 6.58. The van der Waals surface area contributed by atoms with Gasteiger partial charge in [0, 0.05) is 22.5 Å². The third-order valence-corrected chi connectivity index (χ3v) is 6.47. The Morgan fingerprint density at radius 2 is 2.10 bits per heavy atom. The van der Waals surface area contributed by atoms with Gasteiger partial charge in [-0.05, 0) is 42.5 Å². The maximum Gasteiger partial charge on any atom is 0.245 e. The Labute approximate surface area is 133 Å². The maximum atomic E-state index is 12.9. The van der Waals surface area contributed by atoms with Gasteiger partial charge in [0.05, 0.1) is 5.69 Å². The van der Waals surface area contributed by atoms with E-state index in [1.165, 1.54) is 12.1 Å². The van der Waals surface area contributed by atoms with E-state index < -0.39 is 10.0 Å². The van der Waals surface area contributed by atoms with Crippen molar-refractivity contribution in [2.45, 2.75) is 30.3 Å². The molecule has 1 saturated carbocycles. The van der Waals surface area contributed by atoms with Crippen LogP contribution in [0.2, 0.25) is 5.02 Å². The molecule has 0 atom stereocenters. The second-order valence-corrected chi connectivity index (χ2v) is 8.37. The molecular formula is C14H15ClN2O2S2. The minimum absolute atomic E-state index is 0.0761. The van der Waals surface area contributed by atoms with Gasteiger partial charge in [0.15, 0.2) is 0 Å². The van der Waals surface area contributed by atoms with Gasteiger partial charge in [-0.25, -0.2) is 8.42 Å². The average Bonchev–Trinajstić information content (AvgIpc) is 3.11. The van der Waals surface area contributed by atoms with Gasteiger partial charge < -0.3 is 5.73 Å². The zero-order valence-corrected chi connectivity index (χ0v) is 13.6. The molecule has 0 spiro atoms. The van der Waals surface area contributed by atoms with E-state index in [4.69, 9.17) is 17.3 Å². The summed E-state index contributed by atoms with van der Waals surface area (Å²) in [6.07, 6.45) is 1.80. The summed E-state index contributed by atoms with van der Waals surface area (Å²) in [7, 11) is -3.60. The summed E-state index contributed by atoms with van der Waals surface area (Å²) in [6.45, 7) is 0.396. The highest BCUT2D eigenvalue weighted by Gasteiger charge is 2.39. The molecule has 2 N–H and O–H groups in total. The van der Waals surface area contributed by atoms with E-state index in [-0.39, 0.29) is 16.6 Å². The molecule has 3 rings (SSSR count). The lowest BCUT2D eigenvalue weighted by atomic mass is 10.3. The van der Waals surface area contributed by atoms with Crippen LogP contribution in [0.25, 0.3) is 0 Å². The topological polar surface area (TPSA) is 63.4 Å². The number of hydrogen-bond acceptors (Lipinski definition) is 4. The van der Waals surface area contributed by atoms with Crippen LogP contribution in [0.4, 0.5) is 5.69 Å². The molecule has 1 fully saturated rings. The van der Waals surface area contributed by atoms with Crippen LogP contribution < -0.4 is 5.73 Å². The molecular weight excluding hydrogens is 328 g/mol. The summed E-state index contributed by atoms with van der Waals surface area (Å²) >= 11 is 7.41. The van der Waals surface area contributed by atoms with E-state index in [1.54, 1.807) is 21.7 Å². The van der Waals surface area contributed by atoms with Gasteiger partial charge in [0.1, 0.15) is 4.90 Å². The molecule has 4 nitrogen and oxygen atoms in total. The van der Waals surface area contributed by atoms with Crippen molar-refractivity contribution in [1.82, 2.24) is 4.31 Å². The van der Waals surface area contributed by atoms with Gasteiger partial charge in [-0.1, -0.05) is 17.7 Å². The lowest BCUT2D eigenvalue weighted by molar-refractivity contribution is 0.402. The number of rotatable bonds is 5. The summed E-state index contributed by atoms with van der Waals surface area (Å²) in [6, 6.07) is 8.46. The standard InChI is InChI=1S/C14H15ClN2O2S2/c15-10-3-6-14(13(16)8-10)21(18,19)17(11-4-5-11)9-12-2-1-7-20-12/h1-3,6-8,11H,4-5,9,16H2. The van der Waals surface area contributed by atoms with E-state index in [9.17, 15) is 8.42 Å². The number of anilines is 1. The normalized spacial score (nSPS) is 15.5. The molecule has 0 aliphatic heterocycles. The van der Waals surface area contributed by atoms with Crippen LogP contribution in [0.3, 0.4) is 0 Å². The fraction of sp³-hybridized carbons (Fsp3) is 0.286. The number of halogens is 1. The lowest BCUT2D eigenvalue weighted by Gasteiger charge is -2.22. The number of nitrogens with zero attached hydrogens (tertiary/aromatic N) is 1. The first kappa shape index (κ1) is 14.8. The van der Waals surface area contributed by atoms with Crippen LogP contribution in [0.15, 0.2) is 40.6 Å². The summed E-state index contributed by atoms with van der Waals surface area (Å²) in [5, 5.41) is 2.38. The quantitative estimate of drug-likeness (QED) is 0.847. The minimum Gasteiger partial charge on any atom is -0.398 e. The van der Waals surface area contributed by atoms with E-state index in [1.807, 2.05) is 17.5 Å². The van der Waals surface area contributed by atoms with Gasteiger partial charge in [0.2, 0.25) is 10.0 Å². The van der Waals surface area contributed by atoms with Crippen molar-refractivity contribution in [3.63, 3.8) is 0 Å². The number of thiophene rings is 1. The third kappa shape index (κ3) is 3.08.